The van der Waals surface area contributed by atoms with Crippen LogP contribution in [-0.4, -0.2) is 26.7 Å². The highest BCUT2D eigenvalue weighted by Crippen LogP contribution is 2.33. The van der Waals surface area contributed by atoms with Crippen molar-refractivity contribution < 1.29 is 9.59 Å². The molecule has 7 heteroatoms. The number of anilines is 1. The molecule has 162 valence electrons. The maximum absolute atomic E-state index is 12.8. The van der Waals surface area contributed by atoms with E-state index in [2.05, 4.69) is 15.3 Å². The molecule has 1 atom stereocenters. The van der Waals surface area contributed by atoms with Crippen LogP contribution in [0.5, 0.6) is 0 Å². The first-order chi connectivity index (χ1) is 15.4. The van der Waals surface area contributed by atoms with Crippen LogP contribution in [0.4, 0.5) is 5.69 Å². The van der Waals surface area contributed by atoms with Crippen molar-refractivity contribution in [3.63, 3.8) is 0 Å². The molecule has 1 aliphatic rings. The predicted molar refractivity (Wildman–Crippen MR) is 126 cm³/mol. The quantitative estimate of drug-likeness (QED) is 0.551. The average molecular weight is 445 g/mol. The van der Waals surface area contributed by atoms with Crippen LogP contribution in [0.1, 0.15) is 41.9 Å². The summed E-state index contributed by atoms with van der Waals surface area (Å²) in [5, 5.41) is 3.65. The number of aromatic nitrogens is 2. The minimum atomic E-state index is -0.328. The molecule has 6 nitrogen and oxygen atoms in total. The fraction of sp³-hybridized carbons (Fsp3) is 0.200. The highest BCUT2D eigenvalue weighted by Gasteiger charge is 2.28. The Kier molecular flexibility index (Phi) is 6.37. The normalized spacial score (nSPS) is 14.7. The van der Waals surface area contributed by atoms with Gasteiger partial charge in [0.2, 0.25) is 11.8 Å². The first-order valence-electron chi connectivity index (χ1n) is 10.3. The molecule has 3 aromatic rings. The van der Waals surface area contributed by atoms with Crippen molar-refractivity contribution in [1.29, 1.82) is 0 Å². The Bertz CT molecular complexity index is 1170. The van der Waals surface area contributed by atoms with Gasteiger partial charge in [0.25, 0.3) is 0 Å². The highest BCUT2D eigenvalue weighted by atomic mass is 32.2. The molecular weight excluding hydrogens is 420 g/mol. The summed E-state index contributed by atoms with van der Waals surface area (Å²) in [4.78, 5) is 36.4. The van der Waals surface area contributed by atoms with Gasteiger partial charge in [0.1, 0.15) is 0 Å². The van der Waals surface area contributed by atoms with Gasteiger partial charge in [-0.1, -0.05) is 24.3 Å². The van der Waals surface area contributed by atoms with E-state index >= 15 is 0 Å². The fourth-order valence-corrected chi connectivity index (χ4v) is 4.61. The van der Waals surface area contributed by atoms with Gasteiger partial charge in [0, 0.05) is 35.1 Å². The number of benzene rings is 2. The van der Waals surface area contributed by atoms with E-state index in [0.29, 0.717) is 10.8 Å². The van der Waals surface area contributed by atoms with Crippen molar-refractivity contribution in [3.8, 4) is 0 Å². The maximum Gasteiger partial charge on any atom is 0.226 e. The summed E-state index contributed by atoms with van der Waals surface area (Å²) in [6.07, 6.45) is 3.83. The number of amides is 2. The lowest BCUT2D eigenvalue weighted by molar-refractivity contribution is -0.129. The van der Waals surface area contributed by atoms with Crippen molar-refractivity contribution in [2.75, 3.05) is 5.32 Å². The van der Waals surface area contributed by atoms with Gasteiger partial charge in [-0.25, -0.2) is 9.97 Å². The van der Waals surface area contributed by atoms with Gasteiger partial charge < -0.3 is 10.2 Å². The third-order valence-electron chi connectivity index (χ3n) is 5.16. The number of carbonyl (C=O) groups excluding carboxylic acids is 2. The van der Waals surface area contributed by atoms with E-state index in [9.17, 15) is 9.59 Å². The number of hydrogen-bond acceptors (Lipinski definition) is 5. The maximum atomic E-state index is 12.8. The summed E-state index contributed by atoms with van der Waals surface area (Å²) < 4.78 is 0. The van der Waals surface area contributed by atoms with Crippen molar-refractivity contribution in [2.24, 2.45) is 0 Å². The molecule has 0 unspecified atom stereocenters. The lowest BCUT2D eigenvalue weighted by Crippen LogP contribution is -2.33. The lowest BCUT2D eigenvalue weighted by atomic mass is 9.93. The van der Waals surface area contributed by atoms with E-state index in [1.54, 1.807) is 11.1 Å². The van der Waals surface area contributed by atoms with Gasteiger partial charge in [0.15, 0.2) is 5.16 Å². The standard InChI is InChI=1S/C25H24N4O2S/c1-16-14-17(2)27-25(26-16)32-21-10-8-20(9-11-21)28-24(31)15-23-22-7-5-4-6-19(22)12-13-29(23)18(3)30/h4-14,23H,15H2,1-3H3,(H,28,31)/t23-/m1/s1. The van der Waals surface area contributed by atoms with Crippen molar-refractivity contribution in [2.45, 2.75) is 43.3 Å². The van der Waals surface area contributed by atoms with Crippen LogP contribution in [0, 0.1) is 13.8 Å². The highest BCUT2D eigenvalue weighted by molar-refractivity contribution is 7.99. The van der Waals surface area contributed by atoms with Crippen LogP contribution in [0.2, 0.25) is 0 Å². The Morgan fingerprint density at radius 2 is 1.72 bits per heavy atom. The van der Waals surface area contributed by atoms with E-state index in [4.69, 9.17) is 0 Å². The van der Waals surface area contributed by atoms with Gasteiger partial charge in [-0.05, 0) is 73.1 Å². The molecule has 0 radical (unpaired) electrons. The van der Waals surface area contributed by atoms with Gasteiger partial charge in [-0.2, -0.15) is 0 Å². The summed E-state index contributed by atoms with van der Waals surface area (Å²) in [6.45, 7) is 5.41. The predicted octanol–water partition coefficient (Wildman–Crippen LogP) is 5.15. The van der Waals surface area contributed by atoms with E-state index < -0.39 is 0 Å². The van der Waals surface area contributed by atoms with Gasteiger partial charge in [-0.3, -0.25) is 9.59 Å². The zero-order valence-electron chi connectivity index (χ0n) is 18.2. The molecule has 2 aromatic carbocycles. The monoisotopic (exact) mass is 444 g/mol. The molecule has 32 heavy (non-hydrogen) atoms. The zero-order chi connectivity index (χ0) is 22.7. The first-order valence-corrected chi connectivity index (χ1v) is 11.2. The Morgan fingerprint density at radius 3 is 2.41 bits per heavy atom. The topological polar surface area (TPSA) is 75.2 Å². The summed E-state index contributed by atoms with van der Waals surface area (Å²) in [5.74, 6) is -0.243. The van der Waals surface area contributed by atoms with Gasteiger partial charge in [-0.15, -0.1) is 0 Å². The second-order valence-corrected chi connectivity index (χ2v) is 8.74. The molecule has 0 aliphatic carbocycles. The number of carbonyl (C=O) groups is 2. The Morgan fingerprint density at radius 1 is 1.03 bits per heavy atom. The molecule has 0 saturated heterocycles. The summed E-state index contributed by atoms with van der Waals surface area (Å²) >= 11 is 1.48. The van der Waals surface area contributed by atoms with Crippen LogP contribution in [0.25, 0.3) is 6.08 Å². The molecule has 1 aliphatic heterocycles. The molecule has 0 saturated carbocycles. The minimum Gasteiger partial charge on any atom is -0.326 e. The van der Waals surface area contributed by atoms with E-state index in [-0.39, 0.29) is 24.3 Å². The van der Waals surface area contributed by atoms with E-state index in [0.717, 1.165) is 27.4 Å². The Hall–Kier alpha value is -3.45. The van der Waals surface area contributed by atoms with Crippen LogP contribution < -0.4 is 5.32 Å². The molecule has 0 bridgehead atoms. The number of fused-ring (bicyclic) bond motifs is 1. The number of nitrogens with one attached hydrogen (secondary N) is 1. The second-order valence-electron chi connectivity index (χ2n) is 7.70. The molecule has 2 heterocycles. The molecule has 0 fully saturated rings. The second kappa shape index (κ2) is 9.36. The summed E-state index contributed by atoms with van der Waals surface area (Å²) in [5.41, 5.74) is 4.57. The molecule has 0 spiro atoms. The SMILES string of the molecule is CC(=O)N1C=Cc2ccccc2[C@H]1CC(=O)Nc1ccc(Sc2nc(C)cc(C)n2)cc1. The first kappa shape index (κ1) is 21.8. The van der Waals surface area contributed by atoms with Crippen LogP contribution in [0.15, 0.2) is 70.8 Å². The summed E-state index contributed by atoms with van der Waals surface area (Å²) in [7, 11) is 0. The van der Waals surface area contributed by atoms with Crippen molar-refractivity contribution >= 4 is 35.3 Å². The van der Waals surface area contributed by atoms with E-state index in [1.807, 2.05) is 74.5 Å². The number of hydrogen-bond donors (Lipinski definition) is 1. The smallest absolute Gasteiger partial charge is 0.226 e. The molecule has 1 aromatic heterocycles. The third-order valence-corrected chi connectivity index (χ3v) is 6.03. The number of nitrogens with zero attached hydrogens (tertiary/aromatic N) is 3. The van der Waals surface area contributed by atoms with Crippen molar-refractivity contribution in [1.82, 2.24) is 14.9 Å². The molecule has 2 amide bonds. The largest absolute Gasteiger partial charge is 0.326 e. The number of rotatable bonds is 5. The zero-order valence-corrected chi connectivity index (χ0v) is 19.0. The van der Waals surface area contributed by atoms with Crippen LogP contribution >= 0.6 is 11.8 Å². The minimum absolute atomic E-state index is 0.0939. The molecular formula is C25H24N4O2S. The van der Waals surface area contributed by atoms with E-state index in [1.165, 1.54) is 18.7 Å². The van der Waals surface area contributed by atoms with Gasteiger partial charge in [0.05, 0.1) is 12.5 Å². The third kappa shape index (κ3) is 5.06. The average Bonchev–Trinajstić information content (AvgIpc) is 2.74. The van der Waals surface area contributed by atoms with Crippen LogP contribution in [0.3, 0.4) is 0 Å². The summed E-state index contributed by atoms with van der Waals surface area (Å²) in [6, 6.07) is 17.0. The van der Waals surface area contributed by atoms with Crippen molar-refractivity contribution in [3.05, 3.63) is 83.3 Å². The Labute approximate surface area is 191 Å². The van der Waals surface area contributed by atoms with Crippen LogP contribution in [-0.2, 0) is 9.59 Å². The fourth-order valence-electron chi connectivity index (χ4n) is 3.75. The molecule has 1 N–H and O–H groups in total. The van der Waals surface area contributed by atoms with Gasteiger partial charge >= 0.3 is 0 Å². The molecule has 4 rings (SSSR count). The Balaban J connectivity index is 1.43. The number of aryl methyl sites for hydroxylation is 2. The lowest BCUT2D eigenvalue weighted by Gasteiger charge is -2.32.